The zero-order valence-corrected chi connectivity index (χ0v) is 12.2. The van der Waals surface area contributed by atoms with Crippen molar-refractivity contribution in [3.8, 4) is 5.75 Å². The molecule has 110 valence electrons. The third-order valence-corrected chi connectivity index (χ3v) is 3.20. The molecular weight excluding hydrogens is 292 g/mol. The summed E-state index contributed by atoms with van der Waals surface area (Å²) in [5.41, 5.74) is 1.84. The van der Waals surface area contributed by atoms with Crippen molar-refractivity contribution in [1.29, 1.82) is 0 Å². The van der Waals surface area contributed by atoms with Crippen molar-refractivity contribution in [2.75, 3.05) is 7.11 Å². The summed E-state index contributed by atoms with van der Waals surface area (Å²) in [7, 11) is 1.62. The van der Waals surface area contributed by atoms with Crippen molar-refractivity contribution < 1.29 is 14.6 Å². The minimum absolute atomic E-state index is 0.154. The van der Waals surface area contributed by atoms with Crippen molar-refractivity contribution >= 4 is 17.6 Å². The molecule has 0 aliphatic carbocycles. The average molecular weight is 307 g/mol. The SMILES string of the molecule is COc1ccc(CNCc2cc(Cl)ncc2C(=O)O)cc1. The molecule has 2 rings (SSSR count). The highest BCUT2D eigenvalue weighted by atomic mass is 35.5. The number of carboxylic acid groups (broad SMARTS) is 1. The first-order valence-electron chi connectivity index (χ1n) is 6.31. The van der Waals surface area contributed by atoms with Gasteiger partial charge in [-0.1, -0.05) is 23.7 Å². The monoisotopic (exact) mass is 306 g/mol. The number of carboxylic acids is 1. The van der Waals surface area contributed by atoms with Crippen LogP contribution in [0.2, 0.25) is 5.15 Å². The van der Waals surface area contributed by atoms with Gasteiger partial charge in [-0.05, 0) is 29.3 Å². The largest absolute Gasteiger partial charge is 0.497 e. The second-order valence-corrected chi connectivity index (χ2v) is 4.81. The van der Waals surface area contributed by atoms with Gasteiger partial charge in [-0.3, -0.25) is 0 Å². The molecule has 5 nitrogen and oxygen atoms in total. The Labute approximate surface area is 127 Å². The van der Waals surface area contributed by atoms with Crippen LogP contribution in [-0.4, -0.2) is 23.2 Å². The van der Waals surface area contributed by atoms with E-state index in [0.29, 0.717) is 18.7 Å². The fourth-order valence-corrected chi connectivity index (χ4v) is 2.07. The molecule has 0 bridgehead atoms. The maximum absolute atomic E-state index is 11.1. The van der Waals surface area contributed by atoms with Gasteiger partial charge in [0, 0.05) is 19.3 Å². The molecule has 1 aromatic heterocycles. The first kappa shape index (κ1) is 15.3. The van der Waals surface area contributed by atoms with Crippen LogP contribution in [0.15, 0.2) is 36.5 Å². The maximum Gasteiger partial charge on any atom is 0.337 e. The number of nitrogens with one attached hydrogen (secondary N) is 1. The van der Waals surface area contributed by atoms with Gasteiger partial charge in [0.15, 0.2) is 0 Å². The topological polar surface area (TPSA) is 71.5 Å². The molecule has 2 aromatic rings. The summed E-state index contributed by atoms with van der Waals surface area (Å²) in [5.74, 6) is -0.215. The second-order valence-electron chi connectivity index (χ2n) is 4.42. The Morgan fingerprint density at radius 1 is 1.33 bits per heavy atom. The van der Waals surface area contributed by atoms with Crippen molar-refractivity contribution in [3.05, 3.63) is 58.4 Å². The van der Waals surface area contributed by atoms with Crippen LogP contribution in [0.3, 0.4) is 0 Å². The number of aromatic carboxylic acids is 1. The standard InChI is InChI=1S/C15H15ClN2O3/c1-21-12-4-2-10(3-5-12)7-17-8-11-6-14(16)18-9-13(11)15(19)20/h2-6,9,17H,7-8H2,1H3,(H,19,20). The first-order valence-corrected chi connectivity index (χ1v) is 6.69. The molecule has 0 spiro atoms. The van der Waals surface area contributed by atoms with Crippen LogP contribution >= 0.6 is 11.6 Å². The predicted octanol–water partition coefficient (Wildman–Crippen LogP) is 2.73. The number of halogens is 1. The lowest BCUT2D eigenvalue weighted by atomic mass is 10.1. The van der Waals surface area contributed by atoms with Crippen LogP contribution in [0, 0.1) is 0 Å². The average Bonchev–Trinajstić information content (AvgIpc) is 2.48. The van der Waals surface area contributed by atoms with Crippen LogP contribution in [0.1, 0.15) is 21.5 Å². The molecular formula is C15H15ClN2O3. The Morgan fingerprint density at radius 3 is 2.67 bits per heavy atom. The minimum atomic E-state index is -1.01. The molecule has 0 atom stereocenters. The van der Waals surface area contributed by atoms with Crippen LogP contribution in [-0.2, 0) is 13.1 Å². The van der Waals surface area contributed by atoms with E-state index in [1.165, 1.54) is 6.20 Å². The van der Waals surface area contributed by atoms with Crippen LogP contribution in [0.25, 0.3) is 0 Å². The number of carbonyl (C=O) groups is 1. The van der Waals surface area contributed by atoms with Crippen molar-refractivity contribution in [2.24, 2.45) is 0 Å². The molecule has 0 amide bonds. The smallest absolute Gasteiger partial charge is 0.337 e. The molecule has 0 unspecified atom stereocenters. The van der Waals surface area contributed by atoms with Gasteiger partial charge in [0.05, 0.1) is 12.7 Å². The van der Waals surface area contributed by atoms with Crippen molar-refractivity contribution in [3.63, 3.8) is 0 Å². The van der Waals surface area contributed by atoms with Gasteiger partial charge in [0.1, 0.15) is 10.9 Å². The van der Waals surface area contributed by atoms with E-state index in [1.54, 1.807) is 13.2 Å². The molecule has 6 heteroatoms. The van der Waals surface area contributed by atoms with Gasteiger partial charge in [-0.25, -0.2) is 9.78 Å². The van der Waals surface area contributed by atoms with Crippen molar-refractivity contribution in [1.82, 2.24) is 10.3 Å². The summed E-state index contributed by atoms with van der Waals surface area (Å²) >= 11 is 5.81. The predicted molar refractivity (Wildman–Crippen MR) is 79.7 cm³/mol. The highest BCUT2D eigenvalue weighted by Crippen LogP contribution is 2.14. The lowest BCUT2D eigenvalue weighted by molar-refractivity contribution is 0.0695. The number of hydrogen-bond donors (Lipinski definition) is 2. The Balaban J connectivity index is 1.99. The fraction of sp³-hybridized carbons (Fsp3) is 0.200. The molecule has 1 heterocycles. The summed E-state index contributed by atoms with van der Waals surface area (Å²) in [4.78, 5) is 14.9. The lowest BCUT2D eigenvalue weighted by Gasteiger charge is -2.09. The molecule has 0 fully saturated rings. The van der Waals surface area contributed by atoms with E-state index >= 15 is 0 Å². The molecule has 0 saturated carbocycles. The number of benzene rings is 1. The summed E-state index contributed by atoms with van der Waals surface area (Å²) in [6, 6.07) is 9.21. The Bertz CT molecular complexity index is 629. The van der Waals surface area contributed by atoms with E-state index < -0.39 is 5.97 Å². The zero-order valence-electron chi connectivity index (χ0n) is 11.5. The summed E-state index contributed by atoms with van der Waals surface area (Å²) in [6.07, 6.45) is 1.27. The molecule has 0 aliphatic heterocycles. The Morgan fingerprint density at radius 2 is 2.05 bits per heavy atom. The van der Waals surface area contributed by atoms with Crippen molar-refractivity contribution in [2.45, 2.75) is 13.1 Å². The normalized spacial score (nSPS) is 10.4. The Kier molecular flexibility index (Phi) is 5.14. The van der Waals surface area contributed by atoms with E-state index in [-0.39, 0.29) is 10.7 Å². The number of aromatic nitrogens is 1. The minimum Gasteiger partial charge on any atom is -0.497 e. The summed E-state index contributed by atoms with van der Waals surface area (Å²) < 4.78 is 5.09. The van der Waals surface area contributed by atoms with Crippen LogP contribution in [0.5, 0.6) is 5.75 Å². The first-order chi connectivity index (χ1) is 10.1. The van der Waals surface area contributed by atoms with Gasteiger partial charge < -0.3 is 15.2 Å². The van der Waals surface area contributed by atoms with Crippen LogP contribution < -0.4 is 10.1 Å². The third kappa shape index (κ3) is 4.18. The highest BCUT2D eigenvalue weighted by molar-refractivity contribution is 6.29. The number of methoxy groups -OCH3 is 1. The number of ether oxygens (including phenoxy) is 1. The van der Waals surface area contributed by atoms with Crippen LogP contribution in [0.4, 0.5) is 0 Å². The Hall–Kier alpha value is -2.11. The molecule has 0 saturated heterocycles. The van der Waals surface area contributed by atoms with Gasteiger partial charge in [0.25, 0.3) is 0 Å². The molecule has 21 heavy (non-hydrogen) atoms. The lowest BCUT2D eigenvalue weighted by Crippen LogP contribution is -2.15. The maximum atomic E-state index is 11.1. The molecule has 2 N–H and O–H groups in total. The van der Waals surface area contributed by atoms with E-state index in [9.17, 15) is 4.79 Å². The van der Waals surface area contributed by atoms with E-state index in [2.05, 4.69) is 10.3 Å². The summed E-state index contributed by atoms with van der Waals surface area (Å²) in [6.45, 7) is 1.01. The van der Waals surface area contributed by atoms with E-state index in [0.717, 1.165) is 11.3 Å². The van der Waals surface area contributed by atoms with Gasteiger partial charge in [0.2, 0.25) is 0 Å². The number of rotatable bonds is 6. The number of nitrogens with zero attached hydrogens (tertiary/aromatic N) is 1. The van der Waals surface area contributed by atoms with E-state index in [1.807, 2.05) is 24.3 Å². The van der Waals surface area contributed by atoms with Gasteiger partial charge in [-0.15, -0.1) is 0 Å². The fourth-order valence-electron chi connectivity index (χ4n) is 1.89. The van der Waals surface area contributed by atoms with E-state index in [4.69, 9.17) is 21.4 Å². The van der Waals surface area contributed by atoms with Gasteiger partial charge >= 0.3 is 5.97 Å². The quantitative estimate of drug-likeness (QED) is 0.803. The number of pyridine rings is 1. The molecule has 0 aliphatic rings. The molecule has 0 radical (unpaired) electrons. The number of hydrogen-bond acceptors (Lipinski definition) is 4. The highest BCUT2D eigenvalue weighted by Gasteiger charge is 2.11. The second kappa shape index (κ2) is 7.06. The van der Waals surface area contributed by atoms with Gasteiger partial charge in [-0.2, -0.15) is 0 Å². The molecule has 1 aromatic carbocycles. The summed E-state index contributed by atoms with van der Waals surface area (Å²) in [5, 5.41) is 12.6. The third-order valence-electron chi connectivity index (χ3n) is 2.99. The zero-order chi connectivity index (χ0) is 15.2.